The fourth-order valence-electron chi connectivity index (χ4n) is 2.36. The summed E-state index contributed by atoms with van der Waals surface area (Å²) < 4.78 is 70.3. The molecule has 158 valence electrons. The van der Waals surface area contributed by atoms with Crippen LogP contribution in [0.2, 0.25) is 0 Å². The fraction of sp³-hybridized carbons (Fsp3) is 0.316. The Hall–Kier alpha value is -2.04. The minimum absolute atomic E-state index is 0.0182. The quantitative estimate of drug-likeness (QED) is 0.592. The van der Waals surface area contributed by atoms with Crippen molar-refractivity contribution in [2.24, 2.45) is 0 Å². The highest BCUT2D eigenvalue weighted by atomic mass is 32.2. The van der Waals surface area contributed by atoms with Crippen LogP contribution in [0.5, 0.6) is 0 Å². The summed E-state index contributed by atoms with van der Waals surface area (Å²) in [6, 6.07) is 10.7. The average Bonchev–Trinajstić information content (AvgIpc) is 2.69. The van der Waals surface area contributed by atoms with E-state index in [9.17, 15) is 26.4 Å². The van der Waals surface area contributed by atoms with Gasteiger partial charge in [-0.25, -0.2) is 8.42 Å². The molecule has 2 rings (SSSR count). The van der Waals surface area contributed by atoms with Gasteiger partial charge in [0.05, 0.1) is 10.5 Å². The zero-order valence-corrected chi connectivity index (χ0v) is 17.1. The number of carbonyl (C=O) groups is 1. The first-order valence-electron chi connectivity index (χ1n) is 8.52. The third kappa shape index (κ3) is 7.06. The van der Waals surface area contributed by atoms with Gasteiger partial charge >= 0.3 is 12.1 Å². The van der Waals surface area contributed by atoms with Gasteiger partial charge in [-0.2, -0.15) is 29.7 Å². The first-order chi connectivity index (χ1) is 13.6. The number of sulfonamides is 1. The molecule has 0 fully saturated rings. The van der Waals surface area contributed by atoms with Gasteiger partial charge in [0.15, 0.2) is 0 Å². The molecule has 0 aliphatic heterocycles. The Kier molecular flexibility index (Phi) is 8.12. The van der Waals surface area contributed by atoms with Crippen molar-refractivity contribution in [2.45, 2.75) is 30.1 Å². The SMILES string of the molecule is CSCCC(NS(=O)(=O)c1ccccc1)C(=O)OCc1ccc(C(F)(F)F)cc1. The normalized spacial score (nSPS) is 13.1. The van der Waals surface area contributed by atoms with Crippen LogP contribution in [-0.2, 0) is 32.3 Å². The summed E-state index contributed by atoms with van der Waals surface area (Å²) in [5, 5.41) is 0. The van der Waals surface area contributed by atoms with E-state index in [2.05, 4.69) is 4.72 Å². The Bertz CT molecular complexity index is 901. The predicted octanol–water partition coefficient (Wildman–Crippen LogP) is 3.85. The van der Waals surface area contributed by atoms with Crippen molar-refractivity contribution in [3.63, 3.8) is 0 Å². The maximum Gasteiger partial charge on any atom is 0.416 e. The number of alkyl halides is 3. The number of nitrogens with one attached hydrogen (secondary N) is 1. The van der Waals surface area contributed by atoms with E-state index in [4.69, 9.17) is 4.74 Å². The number of halogens is 3. The van der Waals surface area contributed by atoms with Gasteiger partial charge in [0, 0.05) is 0 Å². The van der Waals surface area contributed by atoms with Crippen molar-refractivity contribution in [1.82, 2.24) is 4.72 Å². The fourth-order valence-corrected chi connectivity index (χ4v) is 4.07. The van der Waals surface area contributed by atoms with E-state index in [0.717, 1.165) is 12.1 Å². The van der Waals surface area contributed by atoms with Crippen LogP contribution in [0, 0.1) is 0 Å². The average molecular weight is 448 g/mol. The van der Waals surface area contributed by atoms with E-state index in [1.54, 1.807) is 18.2 Å². The molecule has 0 saturated heterocycles. The number of esters is 1. The third-order valence-electron chi connectivity index (χ3n) is 3.91. The first kappa shape index (κ1) is 23.2. The molecule has 0 heterocycles. The second kappa shape index (κ2) is 10.1. The molecule has 1 N–H and O–H groups in total. The maximum atomic E-state index is 12.6. The molecular weight excluding hydrogens is 427 g/mol. The highest BCUT2D eigenvalue weighted by Crippen LogP contribution is 2.29. The van der Waals surface area contributed by atoms with Crippen LogP contribution in [0.3, 0.4) is 0 Å². The molecule has 1 atom stereocenters. The molecule has 0 spiro atoms. The Labute approximate surface area is 171 Å². The monoisotopic (exact) mass is 447 g/mol. The molecule has 1 unspecified atom stereocenters. The van der Waals surface area contributed by atoms with Crippen molar-refractivity contribution in [3.05, 3.63) is 65.7 Å². The Morgan fingerprint density at radius 2 is 1.72 bits per heavy atom. The van der Waals surface area contributed by atoms with E-state index in [1.807, 2.05) is 6.26 Å². The molecule has 10 heteroatoms. The maximum absolute atomic E-state index is 12.6. The zero-order chi connectivity index (χ0) is 21.5. The predicted molar refractivity (Wildman–Crippen MR) is 105 cm³/mol. The lowest BCUT2D eigenvalue weighted by Crippen LogP contribution is -2.42. The lowest BCUT2D eigenvalue weighted by atomic mass is 10.1. The smallest absolute Gasteiger partial charge is 0.416 e. The van der Waals surface area contributed by atoms with Crippen LogP contribution in [0.15, 0.2) is 59.5 Å². The number of hydrogen-bond donors (Lipinski definition) is 1. The Morgan fingerprint density at radius 1 is 1.10 bits per heavy atom. The second-order valence-electron chi connectivity index (χ2n) is 6.07. The summed E-state index contributed by atoms with van der Waals surface area (Å²) >= 11 is 1.44. The molecule has 0 saturated carbocycles. The van der Waals surface area contributed by atoms with E-state index in [-0.39, 0.29) is 17.9 Å². The third-order valence-corrected chi connectivity index (χ3v) is 6.04. The van der Waals surface area contributed by atoms with Crippen molar-refractivity contribution in [3.8, 4) is 0 Å². The summed E-state index contributed by atoms with van der Waals surface area (Å²) in [5.74, 6) is -0.282. The zero-order valence-electron chi connectivity index (χ0n) is 15.5. The van der Waals surface area contributed by atoms with Gasteiger partial charge in [0.1, 0.15) is 12.6 Å². The highest BCUT2D eigenvalue weighted by Gasteiger charge is 2.30. The van der Waals surface area contributed by atoms with E-state index < -0.39 is 33.8 Å². The highest BCUT2D eigenvalue weighted by molar-refractivity contribution is 7.98. The lowest BCUT2D eigenvalue weighted by Gasteiger charge is -2.17. The van der Waals surface area contributed by atoms with Crippen LogP contribution < -0.4 is 4.72 Å². The van der Waals surface area contributed by atoms with Crippen molar-refractivity contribution in [1.29, 1.82) is 0 Å². The molecule has 2 aromatic carbocycles. The van der Waals surface area contributed by atoms with Crippen LogP contribution in [0.1, 0.15) is 17.5 Å². The van der Waals surface area contributed by atoms with Gasteiger partial charge in [-0.15, -0.1) is 0 Å². The largest absolute Gasteiger partial charge is 0.460 e. The molecule has 0 radical (unpaired) electrons. The van der Waals surface area contributed by atoms with Crippen LogP contribution in [0.25, 0.3) is 0 Å². The standard InChI is InChI=1S/C19H20F3NO4S2/c1-28-12-11-17(23-29(25,26)16-5-3-2-4-6-16)18(24)27-13-14-7-9-15(10-8-14)19(20,21)22/h2-10,17,23H,11-13H2,1H3. The van der Waals surface area contributed by atoms with E-state index in [1.165, 1.54) is 36.0 Å². The number of hydrogen-bond acceptors (Lipinski definition) is 5. The lowest BCUT2D eigenvalue weighted by molar-refractivity contribution is -0.147. The van der Waals surface area contributed by atoms with Crippen LogP contribution in [0.4, 0.5) is 13.2 Å². The van der Waals surface area contributed by atoms with E-state index in [0.29, 0.717) is 11.3 Å². The number of ether oxygens (including phenoxy) is 1. The Morgan fingerprint density at radius 3 is 2.28 bits per heavy atom. The Balaban J connectivity index is 2.05. The van der Waals surface area contributed by atoms with Crippen molar-refractivity contribution >= 4 is 27.8 Å². The summed E-state index contributed by atoms with van der Waals surface area (Å²) in [6.45, 7) is -0.264. The minimum Gasteiger partial charge on any atom is -0.460 e. The molecule has 0 aliphatic carbocycles. The van der Waals surface area contributed by atoms with Gasteiger partial charge in [-0.1, -0.05) is 30.3 Å². The summed E-state index contributed by atoms with van der Waals surface area (Å²) in [4.78, 5) is 12.4. The molecular formula is C19H20F3NO4S2. The molecule has 2 aromatic rings. The van der Waals surface area contributed by atoms with Gasteiger partial charge in [-0.3, -0.25) is 4.79 Å². The molecule has 0 aliphatic rings. The van der Waals surface area contributed by atoms with E-state index >= 15 is 0 Å². The molecule has 29 heavy (non-hydrogen) atoms. The molecule has 5 nitrogen and oxygen atoms in total. The summed E-state index contributed by atoms with van der Waals surface area (Å²) in [5.41, 5.74) is -0.443. The number of carbonyl (C=O) groups excluding carboxylic acids is 1. The van der Waals surface area contributed by atoms with Crippen molar-refractivity contribution < 1.29 is 31.1 Å². The molecule has 0 aromatic heterocycles. The minimum atomic E-state index is -4.45. The van der Waals surface area contributed by atoms with Crippen molar-refractivity contribution in [2.75, 3.05) is 12.0 Å². The number of rotatable bonds is 9. The van der Waals surface area contributed by atoms with Gasteiger partial charge < -0.3 is 4.74 Å². The van der Waals surface area contributed by atoms with Gasteiger partial charge in [-0.05, 0) is 48.3 Å². The van der Waals surface area contributed by atoms with Gasteiger partial charge in [0.2, 0.25) is 10.0 Å². The van der Waals surface area contributed by atoms with Crippen LogP contribution in [-0.4, -0.2) is 32.4 Å². The molecule has 0 bridgehead atoms. The number of benzene rings is 2. The topological polar surface area (TPSA) is 72.5 Å². The first-order valence-corrected chi connectivity index (χ1v) is 11.4. The molecule has 0 amide bonds. The van der Waals surface area contributed by atoms with Gasteiger partial charge in [0.25, 0.3) is 0 Å². The second-order valence-corrected chi connectivity index (χ2v) is 8.77. The number of thioether (sulfide) groups is 1. The summed E-state index contributed by atoms with van der Waals surface area (Å²) in [7, 11) is -3.92. The van der Waals surface area contributed by atoms with Crippen LogP contribution >= 0.6 is 11.8 Å². The summed E-state index contributed by atoms with van der Waals surface area (Å²) in [6.07, 6.45) is -2.43.